The van der Waals surface area contributed by atoms with Crippen LogP contribution < -0.4 is 5.32 Å². The van der Waals surface area contributed by atoms with Crippen molar-refractivity contribution in [1.29, 1.82) is 0 Å². The monoisotopic (exact) mass is 432 g/mol. The van der Waals surface area contributed by atoms with E-state index < -0.39 is 0 Å². The zero-order valence-corrected chi connectivity index (χ0v) is 17.1. The number of phenols is 1. The number of aromatic hydroxyl groups is 1. The van der Waals surface area contributed by atoms with Crippen molar-refractivity contribution in [3.8, 4) is 5.75 Å². The molecule has 8 heteroatoms. The summed E-state index contributed by atoms with van der Waals surface area (Å²) in [6.45, 7) is 0.346. The third-order valence-electron chi connectivity index (χ3n) is 4.03. The number of carbonyl (C=O) groups is 2. The van der Waals surface area contributed by atoms with Gasteiger partial charge >= 0.3 is 0 Å². The first-order valence-electron chi connectivity index (χ1n) is 8.53. The summed E-state index contributed by atoms with van der Waals surface area (Å²) in [6.07, 6.45) is 2.38. The molecule has 0 saturated carbocycles. The largest absolute Gasteiger partial charge is 0.506 e. The minimum Gasteiger partial charge on any atom is -0.506 e. The zero-order chi connectivity index (χ0) is 20.1. The van der Waals surface area contributed by atoms with Crippen molar-refractivity contribution in [3.63, 3.8) is 0 Å². The summed E-state index contributed by atoms with van der Waals surface area (Å²) < 4.78 is 0.462. The van der Waals surface area contributed by atoms with Gasteiger partial charge in [-0.1, -0.05) is 65.9 Å². The van der Waals surface area contributed by atoms with Crippen LogP contribution in [0.4, 0.5) is 5.69 Å². The fraction of sp³-hybridized carbons (Fsp3) is 0.150. The van der Waals surface area contributed by atoms with Crippen LogP contribution in [-0.2, 0) is 9.59 Å². The molecule has 0 radical (unpaired) electrons. The lowest BCUT2D eigenvalue weighted by atomic mass is 10.2. The SMILES string of the molecule is O=C(CCCN1C(=O)/C(=C\c2ccccc2Cl)SC1=S)Nc1ccccc1O. The topological polar surface area (TPSA) is 69.6 Å². The Morgan fingerprint density at radius 3 is 2.68 bits per heavy atom. The molecule has 3 rings (SSSR count). The van der Waals surface area contributed by atoms with E-state index in [9.17, 15) is 14.7 Å². The first-order valence-corrected chi connectivity index (χ1v) is 10.1. The summed E-state index contributed by atoms with van der Waals surface area (Å²) >= 11 is 12.7. The van der Waals surface area contributed by atoms with Gasteiger partial charge in [0.2, 0.25) is 5.91 Å². The first kappa shape index (κ1) is 20.4. The fourth-order valence-electron chi connectivity index (χ4n) is 2.62. The number of thioether (sulfide) groups is 1. The maximum atomic E-state index is 12.6. The van der Waals surface area contributed by atoms with E-state index in [4.69, 9.17) is 23.8 Å². The number of benzene rings is 2. The van der Waals surface area contributed by atoms with Gasteiger partial charge in [-0.2, -0.15) is 0 Å². The standard InChI is InChI=1S/C20H17ClN2O3S2/c21-14-7-2-1-6-13(14)12-17-19(26)23(20(27)28-17)11-5-10-18(25)22-15-8-3-4-9-16(15)24/h1-4,6-9,12,24H,5,10-11H2,(H,22,25)/b17-12+. The number of carbonyl (C=O) groups excluding carboxylic acids is 2. The summed E-state index contributed by atoms with van der Waals surface area (Å²) in [5, 5.41) is 12.9. The van der Waals surface area contributed by atoms with Gasteiger partial charge in [0, 0.05) is 18.0 Å². The Bertz CT molecular complexity index is 962. The van der Waals surface area contributed by atoms with Crippen molar-refractivity contribution in [2.24, 2.45) is 0 Å². The zero-order valence-electron chi connectivity index (χ0n) is 14.7. The molecule has 2 aromatic rings. The van der Waals surface area contributed by atoms with Gasteiger partial charge in [0.15, 0.2) is 0 Å². The Morgan fingerprint density at radius 2 is 1.93 bits per heavy atom. The highest BCUT2D eigenvalue weighted by Crippen LogP contribution is 2.33. The van der Waals surface area contributed by atoms with Gasteiger partial charge in [0.05, 0.1) is 10.6 Å². The molecule has 1 fully saturated rings. The van der Waals surface area contributed by atoms with Gasteiger partial charge in [-0.25, -0.2) is 0 Å². The van der Waals surface area contributed by atoms with Crippen LogP contribution in [0.3, 0.4) is 0 Å². The molecule has 144 valence electrons. The van der Waals surface area contributed by atoms with Crippen LogP contribution in [0.15, 0.2) is 53.4 Å². The molecule has 2 amide bonds. The maximum absolute atomic E-state index is 12.6. The molecule has 0 aliphatic carbocycles. The molecule has 0 atom stereocenters. The number of thiocarbonyl (C=S) groups is 1. The number of hydrogen-bond acceptors (Lipinski definition) is 5. The quantitative estimate of drug-likeness (QED) is 0.394. The highest BCUT2D eigenvalue weighted by Gasteiger charge is 2.31. The van der Waals surface area contributed by atoms with Crippen molar-refractivity contribution in [3.05, 3.63) is 64.0 Å². The minimum absolute atomic E-state index is 0.0116. The summed E-state index contributed by atoms with van der Waals surface area (Å²) in [5.41, 5.74) is 1.12. The normalized spacial score (nSPS) is 15.3. The molecule has 0 spiro atoms. The van der Waals surface area contributed by atoms with Gasteiger partial charge in [-0.05, 0) is 36.3 Å². The van der Waals surface area contributed by atoms with Crippen molar-refractivity contribution in [2.45, 2.75) is 12.8 Å². The molecule has 0 aromatic heterocycles. The molecular weight excluding hydrogens is 416 g/mol. The number of amides is 2. The van der Waals surface area contributed by atoms with Gasteiger partial charge in [0.1, 0.15) is 10.1 Å². The Balaban J connectivity index is 1.56. The Kier molecular flexibility index (Phi) is 6.72. The average molecular weight is 433 g/mol. The molecule has 2 N–H and O–H groups in total. The Hall–Kier alpha value is -2.35. The number of anilines is 1. The Morgan fingerprint density at radius 1 is 1.21 bits per heavy atom. The van der Waals surface area contributed by atoms with E-state index in [1.807, 2.05) is 18.2 Å². The molecule has 28 heavy (non-hydrogen) atoms. The van der Waals surface area contributed by atoms with Crippen LogP contribution in [0.5, 0.6) is 5.75 Å². The predicted molar refractivity (Wildman–Crippen MR) is 117 cm³/mol. The second kappa shape index (κ2) is 9.23. The second-order valence-corrected chi connectivity index (χ2v) is 8.11. The predicted octanol–water partition coefficient (Wildman–Crippen LogP) is 4.67. The van der Waals surface area contributed by atoms with Crippen LogP contribution >= 0.6 is 35.6 Å². The fourth-order valence-corrected chi connectivity index (χ4v) is 4.11. The van der Waals surface area contributed by atoms with Gasteiger partial charge in [-0.3, -0.25) is 14.5 Å². The molecule has 1 heterocycles. The van der Waals surface area contributed by atoms with Crippen molar-refractivity contribution in [2.75, 3.05) is 11.9 Å². The summed E-state index contributed by atoms with van der Waals surface area (Å²) in [4.78, 5) is 26.7. The molecule has 0 bridgehead atoms. The Labute approximate surface area is 177 Å². The van der Waals surface area contributed by atoms with Crippen molar-refractivity contribution < 1.29 is 14.7 Å². The van der Waals surface area contributed by atoms with Crippen LogP contribution in [0, 0.1) is 0 Å². The molecular formula is C20H17ClN2O3S2. The van der Waals surface area contributed by atoms with Gasteiger partial charge in [0.25, 0.3) is 5.91 Å². The van der Waals surface area contributed by atoms with Crippen LogP contribution in [0.2, 0.25) is 5.02 Å². The van der Waals surface area contributed by atoms with E-state index in [0.29, 0.717) is 32.9 Å². The smallest absolute Gasteiger partial charge is 0.266 e. The molecule has 1 aliphatic heterocycles. The average Bonchev–Trinajstić information content (AvgIpc) is 2.93. The molecule has 5 nitrogen and oxygen atoms in total. The van der Waals surface area contributed by atoms with E-state index >= 15 is 0 Å². The lowest BCUT2D eigenvalue weighted by molar-refractivity contribution is -0.122. The van der Waals surface area contributed by atoms with Crippen LogP contribution in [-0.4, -0.2) is 32.7 Å². The summed E-state index contributed by atoms with van der Waals surface area (Å²) in [6, 6.07) is 13.8. The van der Waals surface area contributed by atoms with E-state index in [0.717, 1.165) is 5.56 Å². The van der Waals surface area contributed by atoms with E-state index in [1.54, 1.807) is 30.3 Å². The number of rotatable bonds is 6. The maximum Gasteiger partial charge on any atom is 0.266 e. The summed E-state index contributed by atoms with van der Waals surface area (Å²) in [7, 11) is 0. The first-order chi connectivity index (χ1) is 13.5. The molecule has 1 saturated heterocycles. The summed E-state index contributed by atoms with van der Waals surface area (Å²) in [5.74, 6) is -0.410. The number of phenolic OH excluding ortho intramolecular Hbond substituents is 1. The van der Waals surface area contributed by atoms with E-state index in [2.05, 4.69) is 5.32 Å². The van der Waals surface area contributed by atoms with Crippen LogP contribution in [0.25, 0.3) is 6.08 Å². The number of hydrogen-bond donors (Lipinski definition) is 2. The van der Waals surface area contributed by atoms with Gasteiger partial charge < -0.3 is 10.4 Å². The van der Waals surface area contributed by atoms with E-state index in [1.165, 1.54) is 22.7 Å². The van der Waals surface area contributed by atoms with Crippen molar-refractivity contribution >= 4 is 63.5 Å². The third-order valence-corrected chi connectivity index (χ3v) is 5.75. The number of halogens is 1. The number of nitrogens with zero attached hydrogens (tertiary/aromatic N) is 1. The minimum atomic E-state index is -0.237. The second-order valence-electron chi connectivity index (χ2n) is 6.02. The molecule has 2 aromatic carbocycles. The number of para-hydroxylation sites is 2. The van der Waals surface area contributed by atoms with Crippen molar-refractivity contribution in [1.82, 2.24) is 4.90 Å². The highest BCUT2D eigenvalue weighted by atomic mass is 35.5. The lowest BCUT2D eigenvalue weighted by Gasteiger charge is -2.14. The van der Waals surface area contributed by atoms with Crippen LogP contribution in [0.1, 0.15) is 18.4 Å². The lowest BCUT2D eigenvalue weighted by Crippen LogP contribution is -2.29. The third kappa shape index (κ3) is 4.92. The molecule has 1 aliphatic rings. The van der Waals surface area contributed by atoms with Gasteiger partial charge in [-0.15, -0.1) is 0 Å². The molecule has 0 unspecified atom stereocenters. The number of nitrogens with one attached hydrogen (secondary N) is 1. The highest BCUT2D eigenvalue weighted by molar-refractivity contribution is 8.26. The van der Waals surface area contributed by atoms with E-state index in [-0.39, 0.29) is 24.0 Å².